The summed E-state index contributed by atoms with van der Waals surface area (Å²) < 4.78 is 0.585. The van der Waals surface area contributed by atoms with Crippen LogP contribution in [0.4, 0.5) is 5.69 Å². The molecule has 5 nitrogen and oxygen atoms in total. The van der Waals surface area contributed by atoms with Crippen LogP contribution in [0.25, 0.3) is 22.2 Å². The van der Waals surface area contributed by atoms with E-state index in [1.807, 2.05) is 48.5 Å². The molecule has 26 heavy (non-hydrogen) atoms. The number of nitrogens with zero attached hydrogens (tertiary/aromatic N) is 2. The molecule has 0 fully saturated rings. The third kappa shape index (κ3) is 2.91. The van der Waals surface area contributed by atoms with E-state index in [0.29, 0.717) is 11.2 Å². The highest BCUT2D eigenvalue weighted by Gasteiger charge is 2.10. The molecule has 0 bridgehead atoms. The maximum absolute atomic E-state index is 12.0. The van der Waals surface area contributed by atoms with Crippen LogP contribution in [0.1, 0.15) is 11.1 Å². The van der Waals surface area contributed by atoms with Crippen molar-refractivity contribution in [3.63, 3.8) is 0 Å². The summed E-state index contributed by atoms with van der Waals surface area (Å²) in [5.74, 6) is 0. The van der Waals surface area contributed by atoms with Crippen LogP contribution in [0.3, 0.4) is 0 Å². The van der Waals surface area contributed by atoms with Gasteiger partial charge in [0.15, 0.2) is 5.65 Å². The summed E-state index contributed by atoms with van der Waals surface area (Å²) in [7, 11) is 0. The number of nitrogen functional groups attached to an aromatic ring is 1. The summed E-state index contributed by atoms with van der Waals surface area (Å²) in [4.78, 5) is 16.1. The molecule has 0 atom stereocenters. The van der Waals surface area contributed by atoms with Crippen molar-refractivity contribution >= 4 is 16.7 Å². The lowest BCUT2D eigenvalue weighted by Gasteiger charge is -2.10. The molecule has 5 heteroatoms. The number of anilines is 1. The van der Waals surface area contributed by atoms with Gasteiger partial charge in [0, 0.05) is 23.3 Å². The average molecular weight is 343 g/mol. The quantitative estimate of drug-likeness (QED) is 0.441. The molecule has 128 valence electrons. The zero-order valence-corrected chi connectivity index (χ0v) is 14.0. The first-order valence-corrected chi connectivity index (χ1v) is 8.25. The van der Waals surface area contributed by atoms with Crippen LogP contribution in [0.15, 0.2) is 77.7 Å². The Balaban J connectivity index is 1.77. The zero-order chi connectivity index (χ0) is 18.1. The van der Waals surface area contributed by atoms with Gasteiger partial charge in [-0.25, -0.2) is 4.98 Å². The number of fused-ring (bicyclic) bond motifs is 1. The van der Waals surface area contributed by atoms with E-state index in [4.69, 9.17) is 5.73 Å². The van der Waals surface area contributed by atoms with Crippen molar-refractivity contribution in [2.75, 3.05) is 5.73 Å². The molecule has 0 aliphatic heterocycles. The number of aromatic nitrogens is 2. The summed E-state index contributed by atoms with van der Waals surface area (Å²) >= 11 is 0. The first-order chi connectivity index (χ1) is 12.6. The van der Waals surface area contributed by atoms with Crippen molar-refractivity contribution < 1.29 is 5.21 Å². The van der Waals surface area contributed by atoms with Gasteiger partial charge in [0.25, 0.3) is 5.56 Å². The SMILES string of the molecule is Nc1cccc(-c2cccc(Cc3cc(=O)n(O)c4ncccc34)c2)c1. The predicted molar refractivity (Wildman–Crippen MR) is 102 cm³/mol. The summed E-state index contributed by atoms with van der Waals surface area (Å²) in [5.41, 5.74) is 10.4. The molecule has 0 saturated heterocycles. The van der Waals surface area contributed by atoms with E-state index in [1.54, 1.807) is 12.3 Å². The first-order valence-electron chi connectivity index (χ1n) is 8.25. The van der Waals surface area contributed by atoms with Crippen molar-refractivity contribution in [2.45, 2.75) is 6.42 Å². The number of nitrogens with two attached hydrogens (primary N) is 1. The lowest BCUT2D eigenvalue weighted by Crippen LogP contribution is -2.19. The highest BCUT2D eigenvalue weighted by Crippen LogP contribution is 2.24. The molecule has 3 N–H and O–H groups in total. The van der Waals surface area contributed by atoms with Crippen molar-refractivity contribution in [1.82, 2.24) is 9.71 Å². The van der Waals surface area contributed by atoms with E-state index in [-0.39, 0.29) is 5.65 Å². The summed E-state index contributed by atoms with van der Waals surface area (Å²) in [6, 6.07) is 21.0. The molecule has 0 radical (unpaired) electrons. The lowest BCUT2D eigenvalue weighted by molar-refractivity contribution is 0.186. The fraction of sp³-hybridized carbons (Fsp3) is 0.0476. The van der Waals surface area contributed by atoms with Gasteiger partial charge in [0.1, 0.15) is 0 Å². The minimum atomic E-state index is -0.488. The largest absolute Gasteiger partial charge is 0.423 e. The molecule has 0 amide bonds. The van der Waals surface area contributed by atoms with Gasteiger partial charge in [-0.05, 0) is 52.9 Å². The number of pyridine rings is 2. The maximum Gasteiger partial charge on any atom is 0.285 e. The Morgan fingerprint density at radius 1 is 0.962 bits per heavy atom. The van der Waals surface area contributed by atoms with Gasteiger partial charge in [0.05, 0.1) is 0 Å². The number of rotatable bonds is 3. The molecule has 4 rings (SSSR count). The van der Waals surface area contributed by atoms with Crippen LogP contribution >= 0.6 is 0 Å². The normalized spacial score (nSPS) is 10.9. The van der Waals surface area contributed by atoms with Crippen LogP contribution in [-0.2, 0) is 6.42 Å². The summed E-state index contributed by atoms with van der Waals surface area (Å²) in [6.45, 7) is 0. The topological polar surface area (TPSA) is 81.1 Å². The fourth-order valence-electron chi connectivity index (χ4n) is 3.15. The summed E-state index contributed by atoms with van der Waals surface area (Å²) in [5, 5.41) is 10.7. The van der Waals surface area contributed by atoms with Gasteiger partial charge in [0.2, 0.25) is 0 Å². The Kier molecular flexibility index (Phi) is 3.89. The second-order valence-electron chi connectivity index (χ2n) is 6.20. The van der Waals surface area contributed by atoms with Gasteiger partial charge in [-0.2, -0.15) is 0 Å². The predicted octanol–water partition coefficient (Wildman–Crippen LogP) is 3.47. The Hall–Kier alpha value is -3.60. The Morgan fingerprint density at radius 2 is 1.73 bits per heavy atom. The van der Waals surface area contributed by atoms with Gasteiger partial charge >= 0.3 is 0 Å². The van der Waals surface area contributed by atoms with Crippen LogP contribution < -0.4 is 11.3 Å². The average Bonchev–Trinajstić information content (AvgIpc) is 2.66. The van der Waals surface area contributed by atoms with Crippen molar-refractivity contribution in [3.05, 3.63) is 94.4 Å². The van der Waals surface area contributed by atoms with Gasteiger partial charge in [-0.3, -0.25) is 4.79 Å². The molecule has 0 aliphatic carbocycles. The van der Waals surface area contributed by atoms with Crippen LogP contribution in [0, 0.1) is 0 Å². The van der Waals surface area contributed by atoms with Crippen molar-refractivity contribution in [1.29, 1.82) is 0 Å². The van der Waals surface area contributed by atoms with E-state index in [0.717, 1.165) is 33.3 Å². The minimum absolute atomic E-state index is 0.266. The maximum atomic E-state index is 12.0. The number of hydrogen-bond donors (Lipinski definition) is 2. The van der Waals surface area contributed by atoms with Crippen molar-refractivity contribution in [3.8, 4) is 11.1 Å². The van der Waals surface area contributed by atoms with E-state index < -0.39 is 5.56 Å². The molecular formula is C21H17N3O2. The fourth-order valence-corrected chi connectivity index (χ4v) is 3.15. The third-order valence-corrected chi connectivity index (χ3v) is 4.38. The second kappa shape index (κ2) is 6.37. The highest BCUT2D eigenvalue weighted by atomic mass is 16.5. The van der Waals surface area contributed by atoms with E-state index >= 15 is 0 Å². The Labute approximate surface area is 149 Å². The molecule has 0 saturated carbocycles. The van der Waals surface area contributed by atoms with Gasteiger partial charge in [-0.1, -0.05) is 36.4 Å². The molecule has 2 heterocycles. The highest BCUT2D eigenvalue weighted by molar-refractivity contribution is 5.79. The number of benzene rings is 2. The smallest absolute Gasteiger partial charge is 0.285 e. The molecule has 0 unspecified atom stereocenters. The molecular weight excluding hydrogens is 326 g/mol. The van der Waals surface area contributed by atoms with Crippen LogP contribution in [0.2, 0.25) is 0 Å². The Bertz CT molecular complexity index is 1170. The molecule has 2 aromatic heterocycles. The third-order valence-electron chi connectivity index (χ3n) is 4.38. The number of hydrogen-bond acceptors (Lipinski definition) is 4. The van der Waals surface area contributed by atoms with E-state index in [1.165, 1.54) is 6.07 Å². The van der Waals surface area contributed by atoms with Crippen LogP contribution in [0.5, 0.6) is 0 Å². The monoisotopic (exact) mass is 343 g/mol. The zero-order valence-electron chi connectivity index (χ0n) is 14.0. The molecule has 0 spiro atoms. The lowest BCUT2D eigenvalue weighted by atomic mass is 9.98. The summed E-state index contributed by atoms with van der Waals surface area (Å²) in [6.07, 6.45) is 2.12. The van der Waals surface area contributed by atoms with Gasteiger partial charge in [-0.15, -0.1) is 4.73 Å². The second-order valence-corrected chi connectivity index (χ2v) is 6.20. The molecule has 0 aliphatic rings. The van der Waals surface area contributed by atoms with E-state index in [2.05, 4.69) is 11.1 Å². The van der Waals surface area contributed by atoms with Gasteiger partial charge < -0.3 is 10.9 Å². The first kappa shape index (κ1) is 15.9. The molecule has 4 aromatic rings. The van der Waals surface area contributed by atoms with Crippen molar-refractivity contribution in [2.24, 2.45) is 0 Å². The molecule has 2 aromatic carbocycles. The minimum Gasteiger partial charge on any atom is -0.423 e. The van der Waals surface area contributed by atoms with E-state index in [9.17, 15) is 10.0 Å². The Morgan fingerprint density at radius 3 is 2.54 bits per heavy atom. The standard InChI is InChI=1S/C21H17N3O2/c22-18-7-2-6-16(12-18)15-5-1-4-14(10-15)11-17-13-20(25)24(26)21-19(17)8-3-9-23-21/h1-10,12-13,26H,11,22H2. The van der Waals surface area contributed by atoms with Crippen LogP contribution in [-0.4, -0.2) is 14.9 Å².